The standard InChI is InChI=1S/C13H22N2O4S/c1-3-11-4-5-12(10-13(11)14)20(16,17)15-6-7-19-9-8-18-2/h4-5,10,15H,3,6-9,14H2,1-2H3. The third-order valence-corrected chi connectivity index (χ3v) is 4.24. The van der Waals surface area contributed by atoms with Gasteiger partial charge in [-0.1, -0.05) is 13.0 Å². The van der Waals surface area contributed by atoms with Crippen molar-refractivity contribution in [3.63, 3.8) is 0 Å². The van der Waals surface area contributed by atoms with Gasteiger partial charge in [0.1, 0.15) is 0 Å². The van der Waals surface area contributed by atoms with Gasteiger partial charge in [-0.2, -0.15) is 0 Å². The van der Waals surface area contributed by atoms with Crippen LogP contribution in [0.2, 0.25) is 0 Å². The molecule has 20 heavy (non-hydrogen) atoms. The molecule has 0 spiro atoms. The first-order valence-corrected chi connectivity index (χ1v) is 7.94. The number of benzene rings is 1. The molecule has 0 saturated heterocycles. The fourth-order valence-electron chi connectivity index (χ4n) is 1.64. The predicted molar refractivity (Wildman–Crippen MR) is 78.1 cm³/mol. The molecule has 0 heterocycles. The third kappa shape index (κ3) is 5.09. The average Bonchev–Trinajstić information content (AvgIpc) is 2.42. The van der Waals surface area contributed by atoms with Crippen LogP contribution in [0, 0.1) is 0 Å². The Kier molecular flexibility index (Phi) is 6.94. The van der Waals surface area contributed by atoms with Crippen molar-refractivity contribution in [1.29, 1.82) is 0 Å². The van der Waals surface area contributed by atoms with Crippen molar-refractivity contribution in [3.8, 4) is 0 Å². The number of hydrogen-bond acceptors (Lipinski definition) is 5. The molecule has 0 bridgehead atoms. The number of nitrogens with two attached hydrogens (primary N) is 1. The zero-order chi connectivity index (χ0) is 15.0. The normalized spacial score (nSPS) is 11.7. The van der Waals surface area contributed by atoms with Gasteiger partial charge in [0.2, 0.25) is 10.0 Å². The molecule has 0 atom stereocenters. The second kappa shape index (κ2) is 8.21. The minimum Gasteiger partial charge on any atom is -0.398 e. The van der Waals surface area contributed by atoms with Crippen molar-refractivity contribution in [2.24, 2.45) is 0 Å². The second-order valence-electron chi connectivity index (χ2n) is 4.22. The molecule has 0 radical (unpaired) electrons. The largest absolute Gasteiger partial charge is 0.398 e. The Bertz CT molecular complexity index is 517. The zero-order valence-corrected chi connectivity index (χ0v) is 12.7. The summed E-state index contributed by atoms with van der Waals surface area (Å²) in [5.74, 6) is 0. The Morgan fingerprint density at radius 1 is 1.25 bits per heavy atom. The average molecular weight is 302 g/mol. The molecule has 1 rings (SSSR count). The SMILES string of the molecule is CCc1ccc(S(=O)(=O)NCCOCCOC)cc1N. The van der Waals surface area contributed by atoms with E-state index in [0.29, 0.717) is 25.5 Å². The summed E-state index contributed by atoms with van der Waals surface area (Å²) in [5, 5.41) is 0. The van der Waals surface area contributed by atoms with E-state index in [9.17, 15) is 8.42 Å². The molecular weight excluding hydrogens is 280 g/mol. The number of nitrogens with one attached hydrogen (secondary N) is 1. The predicted octanol–water partition coefficient (Wildman–Crippen LogP) is 0.772. The summed E-state index contributed by atoms with van der Waals surface area (Å²) in [4.78, 5) is 0.170. The van der Waals surface area contributed by atoms with Crippen LogP contribution in [0.25, 0.3) is 0 Å². The molecule has 6 nitrogen and oxygen atoms in total. The van der Waals surface area contributed by atoms with Crippen LogP contribution in [-0.4, -0.2) is 41.9 Å². The highest BCUT2D eigenvalue weighted by Crippen LogP contribution is 2.18. The van der Waals surface area contributed by atoms with Crippen molar-refractivity contribution >= 4 is 15.7 Å². The van der Waals surface area contributed by atoms with Gasteiger partial charge in [0, 0.05) is 19.3 Å². The number of methoxy groups -OCH3 is 1. The van der Waals surface area contributed by atoms with E-state index in [-0.39, 0.29) is 11.4 Å². The minimum absolute atomic E-state index is 0.170. The van der Waals surface area contributed by atoms with E-state index in [1.54, 1.807) is 19.2 Å². The summed E-state index contributed by atoms with van der Waals surface area (Å²) >= 11 is 0. The third-order valence-electron chi connectivity index (χ3n) is 2.78. The number of aryl methyl sites for hydroxylation is 1. The fraction of sp³-hybridized carbons (Fsp3) is 0.538. The van der Waals surface area contributed by atoms with E-state index in [1.165, 1.54) is 6.07 Å². The van der Waals surface area contributed by atoms with Crippen LogP contribution in [0.3, 0.4) is 0 Å². The maximum Gasteiger partial charge on any atom is 0.240 e. The summed E-state index contributed by atoms with van der Waals surface area (Å²) in [6.45, 7) is 3.40. The van der Waals surface area contributed by atoms with Crippen LogP contribution < -0.4 is 10.5 Å². The van der Waals surface area contributed by atoms with Gasteiger partial charge in [0.05, 0.1) is 24.7 Å². The molecule has 0 unspecified atom stereocenters. The number of rotatable bonds is 9. The van der Waals surface area contributed by atoms with Crippen LogP contribution in [0.15, 0.2) is 23.1 Å². The smallest absolute Gasteiger partial charge is 0.240 e. The van der Waals surface area contributed by atoms with Crippen LogP contribution in [0.1, 0.15) is 12.5 Å². The highest BCUT2D eigenvalue weighted by atomic mass is 32.2. The van der Waals surface area contributed by atoms with Crippen LogP contribution >= 0.6 is 0 Å². The Labute approximate surface area is 120 Å². The number of anilines is 1. The quantitative estimate of drug-likeness (QED) is 0.519. The topological polar surface area (TPSA) is 90.7 Å². The molecule has 0 aliphatic rings. The molecule has 3 N–H and O–H groups in total. The lowest BCUT2D eigenvalue weighted by atomic mass is 10.1. The Morgan fingerprint density at radius 3 is 2.60 bits per heavy atom. The number of hydrogen-bond donors (Lipinski definition) is 2. The van der Waals surface area contributed by atoms with E-state index in [4.69, 9.17) is 15.2 Å². The van der Waals surface area contributed by atoms with Gasteiger partial charge >= 0.3 is 0 Å². The Hall–Kier alpha value is -1.15. The van der Waals surface area contributed by atoms with Crippen molar-refractivity contribution in [3.05, 3.63) is 23.8 Å². The summed E-state index contributed by atoms with van der Waals surface area (Å²) in [5.41, 5.74) is 7.24. The maximum absolute atomic E-state index is 12.0. The molecule has 1 aromatic carbocycles. The van der Waals surface area contributed by atoms with Crippen LogP contribution in [-0.2, 0) is 25.9 Å². The Morgan fingerprint density at radius 2 is 2.00 bits per heavy atom. The summed E-state index contributed by atoms with van der Waals surface area (Å²) in [7, 11) is -1.96. The molecule has 0 saturated carbocycles. The summed E-state index contributed by atoms with van der Waals surface area (Å²) in [6, 6.07) is 4.77. The van der Waals surface area contributed by atoms with Gasteiger partial charge in [0.15, 0.2) is 0 Å². The van der Waals surface area contributed by atoms with Gasteiger partial charge in [0.25, 0.3) is 0 Å². The van der Waals surface area contributed by atoms with E-state index in [0.717, 1.165) is 12.0 Å². The molecule has 0 amide bonds. The van der Waals surface area contributed by atoms with E-state index in [1.807, 2.05) is 6.92 Å². The fourth-order valence-corrected chi connectivity index (χ4v) is 2.69. The first kappa shape index (κ1) is 16.9. The van der Waals surface area contributed by atoms with Crippen molar-refractivity contribution in [1.82, 2.24) is 4.72 Å². The maximum atomic E-state index is 12.0. The molecule has 114 valence electrons. The highest BCUT2D eigenvalue weighted by molar-refractivity contribution is 7.89. The van der Waals surface area contributed by atoms with Crippen molar-refractivity contribution < 1.29 is 17.9 Å². The highest BCUT2D eigenvalue weighted by Gasteiger charge is 2.14. The molecule has 0 aliphatic carbocycles. The van der Waals surface area contributed by atoms with Crippen molar-refractivity contribution in [2.45, 2.75) is 18.2 Å². The number of ether oxygens (including phenoxy) is 2. The van der Waals surface area contributed by atoms with Gasteiger partial charge in [-0.15, -0.1) is 0 Å². The molecular formula is C13H22N2O4S. The minimum atomic E-state index is -3.54. The van der Waals surface area contributed by atoms with Crippen LogP contribution in [0.4, 0.5) is 5.69 Å². The van der Waals surface area contributed by atoms with E-state index >= 15 is 0 Å². The lowest BCUT2D eigenvalue weighted by Crippen LogP contribution is -2.28. The molecule has 0 aromatic heterocycles. The lowest BCUT2D eigenvalue weighted by molar-refractivity contribution is 0.0736. The van der Waals surface area contributed by atoms with Gasteiger partial charge in [-0.05, 0) is 24.1 Å². The lowest BCUT2D eigenvalue weighted by Gasteiger charge is -2.09. The monoisotopic (exact) mass is 302 g/mol. The van der Waals surface area contributed by atoms with E-state index in [2.05, 4.69) is 4.72 Å². The first-order valence-electron chi connectivity index (χ1n) is 6.46. The molecule has 0 aliphatic heterocycles. The summed E-state index contributed by atoms with van der Waals surface area (Å²) < 4.78 is 36.5. The summed E-state index contributed by atoms with van der Waals surface area (Å²) in [6.07, 6.45) is 0.771. The molecule has 1 aromatic rings. The number of sulfonamides is 1. The van der Waals surface area contributed by atoms with Gasteiger partial charge < -0.3 is 15.2 Å². The second-order valence-corrected chi connectivity index (χ2v) is 5.98. The van der Waals surface area contributed by atoms with Crippen molar-refractivity contribution in [2.75, 3.05) is 39.2 Å². The van der Waals surface area contributed by atoms with Crippen LogP contribution in [0.5, 0.6) is 0 Å². The zero-order valence-electron chi connectivity index (χ0n) is 11.9. The Balaban J connectivity index is 2.54. The number of nitrogen functional groups attached to an aromatic ring is 1. The van der Waals surface area contributed by atoms with Gasteiger partial charge in [-0.3, -0.25) is 0 Å². The first-order chi connectivity index (χ1) is 9.51. The molecule has 0 fully saturated rings. The van der Waals surface area contributed by atoms with E-state index < -0.39 is 10.0 Å². The van der Waals surface area contributed by atoms with Gasteiger partial charge in [-0.25, -0.2) is 13.1 Å². The molecule has 7 heteroatoms.